The second-order valence-electron chi connectivity index (χ2n) is 6.62. The summed E-state index contributed by atoms with van der Waals surface area (Å²) in [6, 6.07) is 0.588. The zero-order valence-electron chi connectivity index (χ0n) is 14.0. The molecule has 0 aromatic carbocycles. The summed E-state index contributed by atoms with van der Waals surface area (Å²) in [5, 5.41) is 8.96. The van der Waals surface area contributed by atoms with Gasteiger partial charge in [0, 0.05) is 43.8 Å². The van der Waals surface area contributed by atoms with Crippen LogP contribution in [-0.4, -0.2) is 39.4 Å². The number of nitrogens with one attached hydrogen (secondary N) is 1. The normalized spacial score (nSPS) is 27.2. The van der Waals surface area contributed by atoms with Crippen LogP contribution in [0.5, 0.6) is 0 Å². The second kappa shape index (κ2) is 6.67. The smallest absolute Gasteiger partial charge is 0.131 e. The minimum absolute atomic E-state index is 0.201. The lowest BCUT2D eigenvalue weighted by Crippen LogP contribution is -2.62. The predicted molar refractivity (Wildman–Crippen MR) is 88.8 cm³/mol. The molecule has 0 radical (unpaired) electrons. The first-order valence-electron chi connectivity index (χ1n) is 8.07. The molecule has 2 atom stereocenters. The van der Waals surface area contributed by atoms with Crippen molar-refractivity contribution in [1.29, 1.82) is 0 Å². The van der Waals surface area contributed by atoms with Crippen LogP contribution < -0.4 is 5.32 Å². The van der Waals surface area contributed by atoms with Gasteiger partial charge in [0.05, 0.1) is 5.69 Å². The van der Waals surface area contributed by atoms with Crippen LogP contribution in [0.3, 0.4) is 0 Å². The molecule has 21 heavy (non-hydrogen) atoms. The molecule has 2 unspecified atom stereocenters. The molecule has 1 aromatic rings. The van der Waals surface area contributed by atoms with Crippen molar-refractivity contribution in [1.82, 2.24) is 20.0 Å². The van der Waals surface area contributed by atoms with E-state index in [0.29, 0.717) is 6.04 Å². The van der Waals surface area contributed by atoms with Gasteiger partial charge in [0.15, 0.2) is 0 Å². The largest absolute Gasteiger partial charge is 0.309 e. The van der Waals surface area contributed by atoms with Crippen molar-refractivity contribution in [2.24, 2.45) is 7.05 Å². The van der Waals surface area contributed by atoms with Gasteiger partial charge in [-0.1, -0.05) is 31.9 Å². The molecule has 1 aromatic heterocycles. The molecular formula is C16H29ClN4. The van der Waals surface area contributed by atoms with Crippen LogP contribution in [0.4, 0.5) is 0 Å². The van der Waals surface area contributed by atoms with Crippen LogP contribution in [0, 0.1) is 6.92 Å². The second-order valence-corrected chi connectivity index (χ2v) is 6.98. The number of aromatic nitrogens is 2. The van der Waals surface area contributed by atoms with E-state index < -0.39 is 0 Å². The van der Waals surface area contributed by atoms with Gasteiger partial charge in [-0.05, 0) is 26.7 Å². The van der Waals surface area contributed by atoms with Crippen LogP contribution >= 0.6 is 11.6 Å². The Morgan fingerprint density at radius 3 is 2.67 bits per heavy atom. The van der Waals surface area contributed by atoms with E-state index in [4.69, 9.17) is 11.6 Å². The average Bonchev–Trinajstić information content (AvgIpc) is 2.69. The Balaban J connectivity index is 2.19. The maximum absolute atomic E-state index is 6.42. The number of aryl methyl sites for hydroxylation is 2. The highest BCUT2D eigenvalue weighted by Crippen LogP contribution is 2.26. The summed E-state index contributed by atoms with van der Waals surface area (Å²) < 4.78 is 1.78. The van der Waals surface area contributed by atoms with Crippen molar-refractivity contribution in [2.75, 3.05) is 13.1 Å². The third kappa shape index (κ3) is 3.61. The van der Waals surface area contributed by atoms with Crippen LogP contribution in [0.15, 0.2) is 0 Å². The maximum Gasteiger partial charge on any atom is 0.131 e. The summed E-state index contributed by atoms with van der Waals surface area (Å²) in [6.07, 6.45) is 3.58. The fourth-order valence-corrected chi connectivity index (χ4v) is 3.46. The standard InChI is InChI=1S/C16H29ClN4/c1-6-8-13-9-18-16(4,7-2)11-21(13)10-14-12(3)19-20(5)15(14)17/h13,18H,6-11H2,1-5H3. The SMILES string of the molecule is CCCC1CNC(C)(CC)CN1Cc1c(C)nn(C)c1Cl. The van der Waals surface area contributed by atoms with E-state index in [1.807, 2.05) is 7.05 Å². The Morgan fingerprint density at radius 2 is 2.14 bits per heavy atom. The fourth-order valence-electron chi connectivity index (χ4n) is 3.22. The van der Waals surface area contributed by atoms with Crippen LogP contribution in [0.2, 0.25) is 5.15 Å². The lowest BCUT2D eigenvalue weighted by atomic mass is 9.92. The molecule has 2 heterocycles. The zero-order valence-corrected chi connectivity index (χ0v) is 14.8. The molecule has 0 amide bonds. The summed E-state index contributed by atoms with van der Waals surface area (Å²) in [4.78, 5) is 2.60. The number of nitrogens with zero attached hydrogens (tertiary/aromatic N) is 3. The van der Waals surface area contributed by atoms with Gasteiger partial charge in [-0.25, -0.2) is 0 Å². The van der Waals surface area contributed by atoms with Crippen LogP contribution in [0.25, 0.3) is 0 Å². The highest BCUT2D eigenvalue weighted by Gasteiger charge is 2.34. The molecule has 1 N–H and O–H groups in total. The van der Waals surface area contributed by atoms with Gasteiger partial charge in [0.1, 0.15) is 5.15 Å². The molecule has 4 nitrogen and oxygen atoms in total. The first kappa shape index (κ1) is 16.8. The van der Waals surface area contributed by atoms with Crippen molar-refractivity contribution in [2.45, 2.75) is 65.1 Å². The van der Waals surface area contributed by atoms with Crippen LogP contribution in [-0.2, 0) is 13.6 Å². The van der Waals surface area contributed by atoms with Gasteiger partial charge in [-0.3, -0.25) is 9.58 Å². The Morgan fingerprint density at radius 1 is 1.43 bits per heavy atom. The highest BCUT2D eigenvalue weighted by molar-refractivity contribution is 6.30. The van der Waals surface area contributed by atoms with Crippen molar-refractivity contribution in [3.05, 3.63) is 16.4 Å². The van der Waals surface area contributed by atoms with Gasteiger partial charge in [-0.2, -0.15) is 5.10 Å². The molecule has 1 aliphatic heterocycles. The number of hydrogen-bond acceptors (Lipinski definition) is 3. The third-order valence-corrected chi connectivity index (χ3v) is 5.34. The Labute approximate surface area is 133 Å². The summed E-state index contributed by atoms with van der Waals surface area (Å²) in [6.45, 7) is 11.9. The molecule has 120 valence electrons. The van der Waals surface area contributed by atoms with Crippen molar-refractivity contribution in [3.8, 4) is 0 Å². The molecule has 0 spiro atoms. The van der Waals surface area contributed by atoms with Crippen molar-refractivity contribution in [3.63, 3.8) is 0 Å². The number of halogens is 1. The topological polar surface area (TPSA) is 33.1 Å². The summed E-state index contributed by atoms with van der Waals surface area (Å²) >= 11 is 6.42. The molecule has 5 heteroatoms. The van der Waals surface area contributed by atoms with Crippen LogP contribution in [0.1, 0.15) is 51.3 Å². The van der Waals surface area contributed by atoms with Gasteiger partial charge >= 0.3 is 0 Å². The van der Waals surface area contributed by atoms with E-state index in [1.165, 1.54) is 18.4 Å². The molecule has 0 bridgehead atoms. The van der Waals surface area contributed by atoms with Gasteiger partial charge in [-0.15, -0.1) is 0 Å². The molecule has 2 rings (SSSR count). The van der Waals surface area contributed by atoms with Crippen molar-refractivity contribution < 1.29 is 0 Å². The lowest BCUT2D eigenvalue weighted by Gasteiger charge is -2.46. The fraction of sp³-hybridized carbons (Fsp3) is 0.812. The minimum atomic E-state index is 0.201. The maximum atomic E-state index is 6.42. The number of rotatable bonds is 5. The van der Waals surface area contributed by atoms with Gasteiger partial charge in [0.2, 0.25) is 0 Å². The minimum Gasteiger partial charge on any atom is -0.309 e. The van der Waals surface area contributed by atoms with Gasteiger partial charge in [0.25, 0.3) is 0 Å². The van der Waals surface area contributed by atoms with Crippen molar-refractivity contribution >= 4 is 11.6 Å². The van der Waals surface area contributed by atoms with E-state index in [9.17, 15) is 0 Å². The van der Waals surface area contributed by atoms with E-state index in [0.717, 1.165) is 36.9 Å². The van der Waals surface area contributed by atoms with E-state index >= 15 is 0 Å². The molecule has 1 saturated heterocycles. The van der Waals surface area contributed by atoms with E-state index in [2.05, 4.69) is 43.0 Å². The predicted octanol–water partition coefficient (Wildman–Crippen LogP) is 3.12. The average molecular weight is 313 g/mol. The van der Waals surface area contributed by atoms with E-state index in [1.54, 1.807) is 4.68 Å². The lowest BCUT2D eigenvalue weighted by molar-refractivity contribution is 0.0724. The number of hydrogen-bond donors (Lipinski definition) is 1. The molecular weight excluding hydrogens is 284 g/mol. The Hall–Kier alpha value is -0.580. The zero-order chi connectivity index (χ0) is 15.6. The monoisotopic (exact) mass is 312 g/mol. The van der Waals surface area contributed by atoms with Gasteiger partial charge < -0.3 is 5.32 Å². The first-order chi connectivity index (χ1) is 9.90. The Bertz CT molecular complexity index is 485. The molecule has 1 fully saturated rings. The molecule has 0 aliphatic carbocycles. The first-order valence-corrected chi connectivity index (χ1v) is 8.45. The third-order valence-electron chi connectivity index (χ3n) is 4.87. The summed E-state index contributed by atoms with van der Waals surface area (Å²) in [5.41, 5.74) is 2.43. The molecule has 0 saturated carbocycles. The summed E-state index contributed by atoms with van der Waals surface area (Å²) in [7, 11) is 1.91. The number of piperazine rings is 1. The summed E-state index contributed by atoms with van der Waals surface area (Å²) in [5.74, 6) is 0. The Kier molecular flexibility index (Phi) is 5.33. The quantitative estimate of drug-likeness (QED) is 0.907. The highest BCUT2D eigenvalue weighted by atomic mass is 35.5. The van der Waals surface area contributed by atoms with E-state index in [-0.39, 0.29) is 5.54 Å². The molecule has 1 aliphatic rings.